The first-order valence-corrected chi connectivity index (χ1v) is 13.9. The topological polar surface area (TPSA) is 22.1 Å². The van der Waals surface area contributed by atoms with Crippen molar-refractivity contribution in [2.45, 2.75) is 38.7 Å². The van der Waals surface area contributed by atoms with Crippen molar-refractivity contribution in [1.29, 1.82) is 0 Å². The molecule has 0 radical (unpaired) electrons. The molecule has 0 amide bonds. The highest BCUT2D eigenvalue weighted by Crippen LogP contribution is 2.38. The van der Waals surface area contributed by atoms with Crippen LogP contribution in [0.4, 0.5) is 30.7 Å². The van der Waals surface area contributed by atoms with Crippen molar-refractivity contribution >= 4 is 0 Å². The molecule has 4 aromatic carbocycles. The van der Waals surface area contributed by atoms with Crippen LogP contribution < -0.4 is 4.74 Å². The largest absolute Gasteiger partial charge is 0.432 e. The van der Waals surface area contributed by atoms with Gasteiger partial charge in [0.15, 0.2) is 17.5 Å². The monoisotopic (exact) mass is 609 g/mol. The van der Waals surface area contributed by atoms with E-state index in [-0.39, 0.29) is 17.7 Å². The van der Waals surface area contributed by atoms with E-state index in [4.69, 9.17) is 0 Å². The summed E-state index contributed by atoms with van der Waals surface area (Å²) in [6.07, 6.45) is 1.69. The first-order valence-electron chi connectivity index (χ1n) is 13.9. The highest BCUT2D eigenvalue weighted by Gasteiger charge is 2.41. The molecule has 0 saturated carbocycles. The summed E-state index contributed by atoms with van der Waals surface area (Å²) in [4.78, 5) is 4.54. The minimum Gasteiger partial charge on any atom is -0.429 e. The molecule has 0 unspecified atom stereocenters. The molecule has 9 heteroatoms. The van der Waals surface area contributed by atoms with E-state index in [1.807, 2.05) is 12.1 Å². The molecular formula is C35H26F7NO. The molecule has 226 valence electrons. The predicted octanol–water partition coefficient (Wildman–Crippen LogP) is 10.6. The van der Waals surface area contributed by atoms with Crippen molar-refractivity contribution < 1.29 is 35.5 Å². The number of hydrogen-bond donors (Lipinski definition) is 0. The Morgan fingerprint density at radius 1 is 0.614 bits per heavy atom. The summed E-state index contributed by atoms with van der Waals surface area (Å²) < 4.78 is 103. The van der Waals surface area contributed by atoms with E-state index < -0.39 is 46.5 Å². The molecule has 0 saturated heterocycles. The van der Waals surface area contributed by atoms with Crippen LogP contribution in [0.15, 0.2) is 91.1 Å². The normalized spacial score (nSPS) is 11.5. The Hall–Kier alpha value is -4.66. The van der Waals surface area contributed by atoms with Crippen LogP contribution in [0.5, 0.6) is 5.75 Å². The van der Waals surface area contributed by atoms with Gasteiger partial charge in [0.25, 0.3) is 0 Å². The molecule has 0 aliphatic heterocycles. The standard InChI is InChI=1S/C35H26F7NO/c1-2-3-4-5-21-6-8-22(9-7-21)25-14-15-32(43-20-25)24-12-10-23(11-13-24)26-16-28(36)33(29(37)17-26)35(41,42)44-27-18-30(38)34(40)31(39)19-27/h6-20H,2-5H2,1H3. The Morgan fingerprint density at radius 3 is 1.73 bits per heavy atom. The summed E-state index contributed by atoms with van der Waals surface area (Å²) in [6.45, 7) is 2.18. The lowest BCUT2D eigenvalue weighted by atomic mass is 9.99. The van der Waals surface area contributed by atoms with Gasteiger partial charge in [0.1, 0.15) is 22.9 Å². The summed E-state index contributed by atoms with van der Waals surface area (Å²) in [6, 6.07) is 20.4. The number of benzene rings is 4. The van der Waals surface area contributed by atoms with Crippen LogP contribution >= 0.6 is 0 Å². The van der Waals surface area contributed by atoms with Crippen molar-refractivity contribution in [1.82, 2.24) is 4.98 Å². The zero-order valence-electron chi connectivity index (χ0n) is 23.5. The number of halogens is 7. The minimum atomic E-state index is -4.66. The van der Waals surface area contributed by atoms with Gasteiger partial charge in [0.2, 0.25) is 0 Å². The van der Waals surface area contributed by atoms with Crippen molar-refractivity contribution in [3.8, 4) is 39.3 Å². The van der Waals surface area contributed by atoms with Gasteiger partial charge in [-0.05, 0) is 53.3 Å². The van der Waals surface area contributed by atoms with Crippen LogP contribution in [-0.2, 0) is 12.5 Å². The van der Waals surface area contributed by atoms with Gasteiger partial charge < -0.3 is 4.74 Å². The Bertz CT molecular complexity index is 1710. The number of rotatable bonds is 10. The minimum absolute atomic E-state index is 0.0357. The summed E-state index contributed by atoms with van der Waals surface area (Å²) in [7, 11) is 0. The van der Waals surface area contributed by atoms with Crippen LogP contribution in [0.1, 0.15) is 37.3 Å². The molecule has 0 bridgehead atoms. The fraction of sp³-hybridized carbons (Fsp3) is 0.171. The number of ether oxygens (including phenoxy) is 1. The van der Waals surface area contributed by atoms with Gasteiger partial charge in [0, 0.05) is 29.5 Å². The molecule has 0 spiro atoms. The second-order valence-corrected chi connectivity index (χ2v) is 10.3. The predicted molar refractivity (Wildman–Crippen MR) is 155 cm³/mol. The third-order valence-corrected chi connectivity index (χ3v) is 7.17. The van der Waals surface area contributed by atoms with Gasteiger partial charge >= 0.3 is 6.11 Å². The average Bonchev–Trinajstić information content (AvgIpc) is 3.00. The molecule has 5 aromatic rings. The van der Waals surface area contributed by atoms with Crippen LogP contribution in [-0.4, -0.2) is 4.98 Å². The summed E-state index contributed by atoms with van der Waals surface area (Å²) in [5, 5.41) is 0. The number of hydrogen-bond acceptors (Lipinski definition) is 2. The van der Waals surface area contributed by atoms with Crippen molar-refractivity contribution in [3.05, 3.63) is 131 Å². The lowest BCUT2D eigenvalue weighted by Gasteiger charge is -2.20. The molecule has 0 N–H and O–H groups in total. The molecule has 0 atom stereocenters. The van der Waals surface area contributed by atoms with Crippen LogP contribution in [0.25, 0.3) is 33.5 Å². The molecule has 0 fully saturated rings. The molecule has 2 nitrogen and oxygen atoms in total. The molecule has 44 heavy (non-hydrogen) atoms. The molecule has 0 aliphatic rings. The maximum Gasteiger partial charge on any atom is 0.432 e. The lowest BCUT2D eigenvalue weighted by Crippen LogP contribution is -2.25. The van der Waals surface area contributed by atoms with Crippen molar-refractivity contribution in [3.63, 3.8) is 0 Å². The fourth-order valence-corrected chi connectivity index (χ4v) is 4.82. The Labute approximate surface area is 249 Å². The smallest absolute Gasteiger partial charge is 0.429 e. The quantitative estimate of drug-likeness (QED) is 0.0893. The zero-order chi connectivity index (χ0) is 31.4. The molecular weight excluding hydrogens is 583 g/mol. The molecule has 0 aliphatic carbocycles. The maximum absolute atomic E-state index is 14.8. The van der Waals surface area contributed by atoms with E-state index in [0.717, 1.165) is 29.5 Å². The van der Waals surface area contributed by atoms with Crippen LogP contribution in [0, 0.1) is 29.1 Å². The average molecular weight is 610 g/mol. The third-order valence-electron chi connectivity index (χ3n) is 7.17. The second-order valence-electron chi connectivity index (χ2n) is 10.3. The van der Waals surface area contributed by atoms with Gasteiger partial charge in [-0.25, -0.2) is 22.0 Å². The maximum atomic E-state index is 14.8. The summed E-state index contributed by atoms with van der Waals surface area (Å²) in [5.74, 6) is -9.96. The van der Waals surface area contributed by atoms with Gasteiger partial charge in [-0.1, -0.05) is 74.4 Å². The Balaban J connectivity index is 1.31. The first kappa shape index (κ1) is 30.8. The Kier molecular flexibility index (Phi) is 9.04. The number of aryl methyl sites for hydroxylation is 1. The van der Waals surface area contributed by atoms with Gasteiger partial charge in [0.05, 0.1) is 5.69 Å². The van der Waals surface area contributed by atoms with E-state index in [2.05, 4.69) is 40.9 Å². The number of aromatic nitrogens is 1. The first-order chi connectivity index (χ1) is 21.1. The number of alkyl halides is 2. The number of nitrogens with zero attached hydrogens (tertiary/aromatic N) is 1. The second kappa shape index (κ2) is 12.9. The highest BCUT2D eigenvalue weighted by molar-refractivity contribution is 5.71. The zero-order valence-corrected chi connectivity index (χ0v) is 23.5. The van der Waals surface area contributed by atoms with E-state index in [9.17, 15) is 30.7 Å². The van der Waals surface area contributed by atoms with Gasteiger partial charge in [-0.15, -0.1) is 0 Å². The van der Waals surface area contributed by atoms with Gasteiger partial charge in [-0.2, -0.15) is 8.78 Å². The third kappa shape index (κ3) is 6.77. The fourth-order valence-electron chi connectivity index (χ4n) is 4.82. The summed E-state index contributed by atoms with van der Waals surface area (Å²) in [5.41, 5.74) is 3.20. The number of pyridine rings is 1. The summed E-state index contributed by atoms with van der Waals surface area (Å²) >= 11 is 0. The number of unbranched alkanes of at least 4 members (excludes halogenated alkanes) is 2. The molecule has 1 heterocycles. The van der Waals surface area contributed by atoms with Crippen LogP contribution in [0.2, 0.25) is 0 Å². The SMILES string of the molecule is CCCCCc1ccc(-c2ccc(-c3ccc(-c4cc(F)c(C(F)(F)Oc5cc(F)c(F)c(F)c5)c(F)c4)cc3)nc2)cc1. The van der Waals surface area contributed by atoms with E-state index in [1.165, 1.54) is 18.4 Å². The van der Waals surface area contributed by atoms with E-state index in [1.54, 1.807) is 30.5 Å². The van der Waals surface area contributed by atoms with E-state index >= 15 is 0 Å². The Morgan fingerprint density at radius 2 is 1.16 bits per heavy atom. The lowest BCUT2D eigenvalue weighted by molar-refractivity contribution is -0.189. The highest BCUT2D eigenvalue weighted by atomic mass is 19.3. The van der Waals surface area contributed by atoms with Crippen molar-refractivity contribution in [2.75, 3.05) is 0 Å². The van der Waals surface area contributed by atoms with Crippen molar-refractivity contribution in [2.24, 2.45) is 0 Å². The van der Waals surface area contributed by atoms with Crippen LogP contribution in [0.3, 0.4) is 0 Å². The van der Waals surface area contributed by atoms with Gasteiger partial charge in [-0.3, -0.25) is 4.98 Å². The van der Waals surface area contributed by atoms with E-state index in [0.29, 0.717) is 23.4 Å². The molecule has 1 aromatic heterocycles. The molecule has 5 rings (SSSR count).